The van der Waals surface area contributed by atoms with E-state index < -0.39 is 0 Å². The SMILES string of the molecule is CC1(C)c2cc(N(c3ccccc3)c3ccccc3)cnc2-c2sc3cc(/C=C4/C(=O)c5ccncc5C4=O)sc3c21. The first-order valence-corrected chi connectivity index (χ1v) is 15.3. The van der Waals surface area contributed by atoms with Crippen molar-refractivity contribution in [2.45, 2.75) is 19.3 Å². The number of thiophene rings is 2. The molecule has 0 radical (unpaired) electrons. The molecular formula is C35H23N3O2S2. The molecule has 0 bridgehead atoms. The number of aromatic nitrogens is 2. The second-order valence-electron chi connectivity index (χ2n) is 11.0. The van der Waals surface area contributed by atoms with E-state index in [2.05, 4.69) is 84.4 Å². The molecule has 8 rings (SSSR count). The first-order valence-electron chi connectivity index (χ1n) is 13.6. The zero-order valence-electron chi connectivity index (χ0n) is 22.8. The second kappa shape index (κ2) is 9.14. The molecule has 0 unspecified atom stereocenters. The topological polar surface area (TPSA) is 63.2 Å². The van der Waals surface area contributed by atoms with Crippen LogP contribution >= 0.6 is 22.7 Å². The number of rotatable bonds is 4. The summed E-state index contributed by atoms with van der Waals surface area (Å²) in [6.07, 6.45) is 6.75. The van der Waals surface area contributed by atoms with Gasteiger partial charge in [0.05, 0.1) is 38.3 Å². The maximum absolute atomic E-state index is 13.0. The normalized spacial score (nSPS) is 15.7. The smallest absolute Gasteiger partial charge is 0.199 e. The number of nitrogens with zero attached hydrogens (tertiary/aromatic N) is 3. The van der Waals surface area contributed by atoms with Gasteiger partial charge in [-0.25, -0.2) is 0 Å². The minimum atomic E-state index is -0.277. The molecule has 0 saturated carbocycles. The molecule has 7 heteroatoms. The predicted molar refractivity (Wildman–Crippen MR) is 171 cm³/mol. The van der Waals surface area contributed by atoms with Crippen molar-refractivity contribution >= 4 is 66.8 Å². The van der Waals surface area contributed by atoms with Crippen LogP contribution in [-0.4, -0.2) is 21.5 Å². The zero-order chi connectivity index (χ0) is 28.6. The van der Waals surface area contributed by atoms with E-state index in [9.17, 15) is 9.59 Å². The molecule has 4 heterocycles. The van der Waals surface area contributed by atoms with Crippen molar-refractivity contribution in [3.05, 3.63) is 130 Å². The van der Waals surface area contributed by atoms with Crippen molar-refractivity contribution < 1.29 is 9.59 Å². The summed E-state index contributed by atoms with van der Waals surface area (Å²) in [6.45, 7) is 4.52. The highest BCUT2D eigenvalue weighted by Gasteiger charge is 2.41. The maximum atomic E-state index is 13.0. The standard InChI is InChI=1S/C35H23N3O2S2/c1-35(2)27-15-22(38(20-9-5-3-6-10-20)21-11-7-4-8-12-21)18-37-30(27)34-29(35)33-28(42-34)17-23(41-33)16-25-31(39)24-13-14-36-19-26(24)32(25)40/h3-19H,1-2H3/b25-16-. The van der Waals surface area contributed by atoms with Gasteiger partial charge in [-0.3, -0.25) is 19.6 Å². The molecule has 0 spiro atoms. The van der Waals surface area contributed by atoms with E-state index in [0.717, 1.165) is 32.3 Å². The van der Waals surface area contributed by atoms with Gasteiger partial charge in [-0.1, -0.05) is 50.2 Å². The van der Waals surface area contributed by atoms with Gasteiger partial charge >= 0.3 is 0 Å². The summed E-state index contributed by atoms with van der Waals surface area (Å²) < 4.78 is 2.33. The maximum Gasteiger partial charge on any atom is 0.199 e. The monoisotopic (exact) mass is 581 g/mol. The summed E-state index contributed by atoms with van der Waals surface area (Å²) in [5, 5.41) is 0. The van der Waals surface area contributed by atoms with E-state index in [0.29, 0.717) is 11.1 Å². The van der Waals surface area contributed by atoms with Crippen LogP contribution in [0.5, 0.6) is 0 Å². The predicted octanol–water partition coefficient (Wildman–Crippen LogP) is 8.99. The summed E-state index contributed by atoms with van der Waals surface area (Å²) in [5.74, 6) is -0.485. The number of carbonyl (C=O) groups excluding carboxylic acids is 2. The Bertz CT molecular complexity index is 2030. The van der Waals surface area contributed by atoms with Gasteiger partial charge in [0.2, 0.25) is 0 Å². The number of pyridine rings is 2. The molecular weight excluding hydrogens is 559 g/mol. The van der Waals surface area contributed by atoms with Crippen LogP contribution in [-0.2, 0) is 5.41 Å². The lowest BCUT2D eigenvalue weighted by molar-refractivity contribution is 0.0990. The van der Waals surface area contributed by atoms with Crippen molar-refractivity contribution in [2.24, 2.45) is 0 Å². The van der Waals surface area contributed by atoms with E-state index in [-0.39, 0.29) is 22.6 Å². The van der Waals surface area contributed by atoms with E-state index in [1.165, 1.54) is 26.9 Å². The van der Waals surface area contributed by atoms with Gasteiger partial charge in [0.15, 0.2) is 11.6 Å². The first-order chi connectivity index (χ1) is 20.4. The van der Waals surface area contributed by atoms with Gasteiger partial charge in [-0.05, 0) is 54.1 Å². The second-order valence-corrected chi connectivity index (χ2v) is 13.1. The molecule has 0 fully saturated rings. The van der Waals surface area contributed by atoms with Crippen molar-refractivity contribution in [3.63, 3.8) is 0 Å². The van der Waals surface area contributed by atoms with Crippen LogP contribution in [0.15, 0.2) is 103 Å². The van der Waals surface area contributed by atoms with Crippen LogP contribution in [0, 0.1) is 0 Å². The number of ketones is 2. The third-order valence-electron chi connectivity index (χ3n) is 8.14. The summed E-state index contributed by atoms with van der Waals surface area (Å²) in [4.78, 5) is 39.4. The van der Waals surface area contributed by atoms with Crippen molar-refractivity contribution in [2.75, 3.05) is 4.90 Å². The highest BCUT2D eigenvalue weighted by atomic mass is 32.1. The highest BCUT2D eigenvalue weighted by molar-refractivity contribution is 7.30. The quantitative estimate of drug-likeness (QED) is 0.154. The van der Waals surface area contributed by atoms with Gasteiger partial charge in [0, 0.05) is 49.9 Å². The molecule has 0 saturated heterocycles. The number of anilines is 3. The number of allylic oxidation sites excluding steroid dienone is 1. The highest BCUT2D eigenvalue weighted by Crippen LogP contribution is 2.57. The molecule has 4 aromatic heterocycles. The molecule has 2 aliphatic carbocycles. The molecule has 0 atom stereocenters. The minimum Gasteiger partial charge on any atom is -0.309 e. The van der Waals surface area contributed by atoms with Crippen LogP contribution in [0.25, 0.3) is 26.0 Å². The Balaban J connectivity index is 1.21. The fourth-order valence-electron chi connectivity index (χ4n) is 6.12. The van der Waals surface area contributed by atoms with Gasteiger partial charge < -0.3 is 4.90 Å². The fraction of sp³-hybridized carbons (Fsp3) is 0.0857. The zero-order valence-corrected chi connectivity index (χ0v) is 24.4. The van der Waals surface area contributed by atoms with Gasteiger partial charge in [-0.15, -0.1) is 22.7 Å². The summed E-state index contributed by atoms with van der Waals surface area (Å²) >= 11 is 3.36. The van der Waals surface area contributed by atoms with Crippen LogP contribution < -0.4 is 4.90 Å². The van der Waals surface area contributed by atoms with Crippen LogP contribution in [0.4, 0.5) is 17.1 Å². The molecule has 0 amide bonds. The van der Waals surface area contributed by atoms with E-state index in [1.54, 1.807) is 41.0 Å². The minimum absolute atomic E-state index is 0.208. The van der Waals surface area contributed by atoms with Crippen LogP contribution in [0.2, 0.25) is 0 Å². The lowest BCUT2D eigenvalue weighted by Gasteiger charge is -2.27. The average Bonchev–Trinajstić information content (AvgIpc) is 3.69. The van der Waals surface area contributed by atoms with E-state index in [4.69, 9.17) is 4.98 Å². The van der Waals surface area contributed by atoms with Crippen molar-refractivity contribution in [1.29, 1.82) is 0 Å². The number of fused-ring (bicyclic) bond motifs is 6. The third-order valence-corrected chi connectivity index (χ3v) is 10.5. The molecule has 2 aliphatic rings. The van der Waals surface area contributed by atoms with Gasteiger partial charge in [-0.2, -0.15) is 0 Å². The summed E-state index contributed by atoms with van der Waals surface area (Å²) in [5.41, 5.74) is 7.38. The van der Waals surface area contributed by atoms with E-state index >= 15 is 0 Å². The Hall–Kier alpha value is -4.72. The Morgan fingerprint density at radius 1 is 0.786 bits per heavy atom. The lowest BCUT2D eigenvalue weighted by Crippen LogP contribution is -2.17. The molecule has 42 heavy (non-hydrogen) atoms. The average molecular weight is 582 g/mol. The van der Waals surface area contributed by atoms with Crippen molar-refractivity contribution in [1.82, 2.24) is 9.97 Å². The Morgan fingerprint density at radius 2 is 1.48 bits per heavy atom. The number of para-hydroxylation sites is 2. The fourth-order valence-corrected chi connectivity index (χ4v) is 9.04. The molecule has 0 N–H and O–H groups in total. The van der Waals surface area contributed by atoms with Gasteiger partial charge in [0.25, 0.3) is 0 Å². The Morgan fingerprint density at radius 3 is 2.17 bits per heavy atom. The summed E-state index contributed by atoms with van der Waals surface area (Å²) in [6, 6.07) is 26.7. The first kappa shape index (κ1) is 25.0. The van der Waals surface area contributed by atoms with E-state index in [1.807, 2.05) is 18.3 Å². The van der Waals surface area contributed by atoms with Crippen molar-refractivity contribution in [3.8, 4) is 10.6 Å². The molecule has 5 nitrogen and oxygen atoms in total. The van der Waals surface area contributed by atoms with Crippen LogP contribution in [0.3, 0.4) is 0 Å². The largest absolute Gasteiger partial charge is 0.309 e. The molecule has 0 aliphatic heterocycles. The van der Waals surface area contributed by atoms with Crippen LogP contribution in [0.1, 0.15) is 50.6 Å². The lowest BCUT2D eigenvalue weighted by atomic mass is 9.83. The molecule has 2 aromatic carbocycles. The number of hydrogen-bond acceptors (Lipinski definition) is 7. The summed E-state index contributed by atoms with van der Waals surface area (Å²) in [7, 11) is 0. The number of Topliss-reactive ketones (excluding diaryl/α,β-unsaturated/α-hetero) is 2. The van der Waals surface area contributed by atoms with Gasteiger partial charge in [0.1, 0.15) is 0 Å². The number of carbonyl (C=O) groups is 2. The number of benzene rings is 2. The molecule has 202 valence electrons. The molecule has 6 aromatic rings. The Labute approximate surface area is 250 Å². The third kappa shape index (κ3) is 3.60. The number of hydrogen-bond donors (Lipinski definition) is 0. The Kier molecular flexibility index (Phi) is 5.45.